The molecule has 0 aliphatic rings. The van der Waals surface area contributed by atoms with Crippen LogP contribution in [0.5, 0.6) is 0 Å². The molecule has 0 spiro atoms. The van der Waals surface area contributed by atoms with Crippen molar-refractivity contribution < 1.29 is 19.1 Å². The van der Waals surface area contributed by atoms with E-state index in [2.05, 4.69) is 15.9 Å². The molecule has 1 aromatic rings. The summed E-state index contributed by atoms with van der Waals surface area (Å²) in [5.74, 6) is -1.43. The fourth-order valence-electron chi connectivity index (χ4n) is 1.09. The van der Waals surface area contributed by atoms with E-state index >= 15 is 0 Å². The number of nitrogens with one attached hydrogen (secondary N) is 1. The summed E-state index contributed by atoms with van der Waals surface area (Å²) >= 11 is 3.23. The quantitative estimate of drug-likeness (QED) is 0.819. The molecular weight excluding hydrogens is 304 g/mol. The van der Waals surface area contributed by atoms with Gasteiger partial charge in [-0.25, -0.2) is 9.59 Å². The normalized spacial score (nSPS) is 11.4. The largest absolute Gasteiger partial charge is 0.449 e. The predicted octanol–water partition coefficient (Wildman–Crippen LogP) is 1.19. The number of esters is 1. The predicted molar refractivity (Wildman–Crippen MR) is 66.7 cm³/mol. The maximum absolute atomic E-state index is 11.6. The number of carbonyl (C=O) groups is 3. The molecule has 0 aromatic heterocycles. The van der Waals surface area contributed by atoms with E-state index in [-0.39, 0.29) is 0 Å². The van der Waals surface area contributed by atoms with Crippen molar-refractivity contribution in [1.82, 2.24) is 5.32 Å². The summed E-state index contributed by atoms with van der Waals surface area (Å²) in [6, 6.07) is 5.44. The third-order valence-electron chi connectivity index (χ3n) is 1.98. The maximum Gasteiger partial charge on any atom is 0.338 e. The average Bonchev–Trinajstić information content (AvgIpc) is 2.28. The molecule has 0 bridgehead atoms. The van der Waals surface area contributed by atoms with Crippen molar-refractivity contribution >= 4 is 33.8 Å². The van der Waals surface area contributed by atoms with Crippen LogP contribution in [0.4, 0.5) is 4.79 Å². The summed E-state index contributed by atoms with van der Waals surface area (Å²) in [6.45, 7) is 1.34. The standard InChI is InChI=1S/C11H11BrN2O4/c1-6(9(15)14-11(13)17)18-10(16)7-2-4-8(12)5-3-7/h2-6H,1H3,(H3,13,14,15,17)/t6-/m1/s1. The number of amides is 3. The molecule has 0 saturated heterocycles. The Morgan fingerprint density at radius 1 is 1.28 bits per heavy atom. The molecule has 3 N–H and O–H groups in total. The smallest absolute Gasteiger partial charge is 0.338 e. The van der Waals surface area contributed by atoms with Crippen LogP contribution < -0.4 is 11.1 Å². The van der Waals surface area contributed by atoms with Crippen LogP contribution in [0.15, 0.2) is 28.7 Å². The molecule has 0 fully saturated rings. The summed E-state index contributed by atoms with van der Waals surface area (Å²) < 4.78 is 5.68. The van der Waals surface area contributed by atoms with E-state index < -0.39 is 24.0 Å². The van der Waals surface area contributed by atoms with Gasteiger partial charge in [-0.15, -0.1) is 0 Å². The van der Waals surface area contributed by atoms with Crippen LogP contribution in [0.25, 0.3) is 0 Å². The first kappa shape index (κ1) is 14.2. The third kappa shape index (κ3) is 4.17. The van der Waals surface area contributed by atoms with Crippen LogP contribution >= 0.6 is 15.9 Å². The van der Waals surface area contributed by atoms with Crippen LogP contribution in [0.3, 0.4) is 0 Å². The number of hydrogen-bond acceptors (Lipinski definition) is 4. The van der Waals surface area contributed by atoms with Gasteiger partial charge in [-0.1, -0.05) is 15.9 Å². The SMILES string of the molecule is C[C@@H](OC(=O)c1ccc(Br)cc1)C(=O)NC(N)=O. The second-order valence-electron chi connectivity index (χ2n) is 3.41. The van der Waals surface area contributed by atoms with Crippen LogP contribution in [0, 0.1) is 0 Å². The van der Waals surface area contributed by atoms with Gasteiger partial charge in [0.15, 0.2) is 6.10 Å². The molecule has 96 valence electrons. The van der Waals surface area contributed by atoms with Gasteiger partial charge in [-0.2, -0.15) is 0 Å². The molecule has 0 heterocycles. The molecule has 0 aliphatic heterocycles. The Labute approximate surface area is 112 Å². The van der Waals surface area contributed by atoms with Gasteiger partial charge in [0.1, 0.15) is 0 Å². The van der Waals surface area contributed by atoms with Crippen molar-refractivity contribution in [3.8, 4) is 0 Å². The van der Waals surface area contributed by atoms with Crippen LogP contribution in [-0.2, 0) is 9.53 Å². The monoisotopic (exact) mass is 314 g/mol. The molecule has 18 heavy (non-hydrogen) atoms. The van der Waals surface area contributed by atoms with E-state index in [0.29, 0.717) is 5.56 Å². The Hall–Kier alpha value is -1.89. The second-order valence-corrected chi connectivity index (χ2v) is 4.32. The van der Waals surface area contributed by atoms with E-state index in [1.54, 1.807) is 24.3 Å². The number of hydrogen-bond donors (Lipinski definition) is 2. The first-order chi connectivity index (χ1) is 8.40. The van der Waals surface area contributed by atoms with Crippen molar-refractivity contribution in [3.05, 3.63) is 34.3 Å². The number of rotatable bonds is 3. The number of imide groups is 1. The molecule has 3 amide bonds. The van der Waals surface area contributed by atoms with E-state index in [4.69, 9.17) is 10.5 Å². The van der Waals surface area contributed by atoms with Gasteiger partial charge >= 0.3 is 12.0 Å². The van der Waals surface area contributed by atoms with E-state index in [1.807, 2.05) is 5.32 Å². The third-order valence-corrected chi connectivity index (χ3v) is 2.51. The molecular formula is C11H11BrN2O4. The Morgan fingerprint density at radius 2 is 1.83 bits per heavy atom. The van der Waals surface area contributed by atoms with Gasteiger partial charge < -0.3 is 10.5 Å². The molecule has 1 aromatic carbocycles. The Balaban J connectivity index is 2.62. The maximum atomic E-state index is 11.6. The molecule has 0 unspecified atom stereocenters. The zero-order valence-corrected chi connectivity index (χ0v) is 11.1. The van der Waals surface area contributed by atoms with Gasteiger partial charge in [0, 0.05) is 4.47 Å². The fourth-order valence-corrected chi connectivity index (χ4v) is 1.36. The number of benzene rings is 1. The minimum atomic E-state index is -1.10. The first-order valence-electron chi connectivity index (χ1n) is 4.97. The number of primary amides is 1. The van der Waals surface area contributed by atoms with Crippen molar-refractivity contribution in [2.75, 3.05) is 0 Å². The summed E-state index contributed by atoms with van der Waals surface area (Å²) in [7, 11) is 0. The van der Waals surface area contributed by atoms with E-state index in [9.17, 15) is 14.4 Å². The number of halogens is 1. The lowest BCUT2D eigenvalue weighted by molar-refractivity contribution is -0.127. The molecule has 1 rings (SSSR count). The number of urea groups is 1. The second kappa shape index (κ2) is 6.15. The highest BCUT2D eigenvalue weighted by Gasteiger charge is 2.19. The van der Waals surface area contributed by atoms with Crippen molar-refractivity contribution in [2.24, 2.45) is 5.73 Å². The van der Waals surface area contributed by atoms with Crippen LogP contribution in [0.1, 0.15) is 17.3 Å². The lowest BCUT2D eigenvalue weighted by Gasteiger charge is -2.11. The summed E-state index contributed by atoms with van der Waals surface area (Å²) in [6.07, 6.45) is -1.10. The summed E-state index contributed by atoms with van der Waals surface area (Å²) in [5.41, 5.74) is 5.08. The highest BCUT2D eigenvalue weighted by Crippen LogP contribution is 2.12. The highest BCUT2D eigenvalue weighted by molar-refractivity contribution is 9.10. The average molecular weight is 315 g/mol. The van der Waals surface area contributed by atoms with E-state index in [1.165, 1.54) is 6.92 Å². The Morgan fingerprint density at radius 3 is 2.33 bits per heavy atom. The van der Waals surface area contributed by atoms with Gasteiger partial charge in [-0.05, 0) is 31.2 Å². The van der Waals surface area contributed by atoms with Crippen molar-refractivity contribution in [2.45, 2.75) is 13.0 Å². The van der Waals surface area contributed by atoms with Gasteiger partial charge in [-0.3, -0.25) is 10.1 Å². The summed E-state index contributed by atoms with van der Waals surface area (Å²) in [4.78, 5) is 33.4. The Kier molecular flexibility index (Phi) is 4.85. The van der Waals surface area contributed by atoms with Gasteiger partial charge in [0.25, 0.3) is 5.91 Å². The highest BCUT2D eigenvalue weighted by atomic mass is 79.9. The first-order valence-corrected chi connectivity index (χ1v) is 5.76. The van der Waals surface area contributed by atoms with Crippen molar-refractivity contribution in [3.63, 3.8) is 0 Å². The van der Waals surface area contributed by atoms with E-state index in [0.717, 1.165) is 4.47 Å². The van der Waals surface area contributed by atoms with Crippen LogP contribution in [-0.4, -0.2) is 24.0 Å². The van der Waals surface area contributed by atoms with Crippen LogP contribution in [0.2, 0.25) is 0 Å². The molecule has 0 aliphatic carbocycles. The lowest BCUT2D eigenvalue weighted by atomic mass is 10.2. The summed E-state index contributed by atoms with van der Waals surface area (Å²) in [5, 5.41) is 1.82. The molecule has 1 atom stereocenters. The fraction of sp³-hybridized carbons (Fsp3) is 0.182. The minimum Gasteiger partial charge on any atom is -0.449 e. The number of nitrogens with two attached hydrogens (primary N) is 1. The molecule has 0 radical (unpaired) electrons. The Bertz CT molecular complexity index is 472. The number of carbonyl (C=O) groups excluding carboxylic acids is 3. The molecule has 7 heteroatoms. The van der Waals surface area contributed by atoms with Gasteiger partial charge in [0.2, 0.25) is 0 Å². The van der Waals surface area contributed by atoms with Crippen molar-refractivity contribution in [1.29, 1.82) is 0 Å². The zero-order valence-electron chi connectivity index (χ0n) is 9.48. The topological polar surface area (TPSA) is 98.5 Å². The number of ether oxygens (including phenoxy) is 1. The van der Waals surface area contributed by atoms with Gasteiger partial charge in [0.05, 0.1) is 5.56 Å². The lowest BCUT2D eigenvalue weighted by Crippen LogP contribution is -2.42. The zero-order chi connectivity index (χ0) is 13.7. The molecule has 6 nitrogen and oxygen atoms in total. The minimum absolute atomic E-state index is 0.303. The molecule has 0 saturated carbocycles.